The minimum absolute atomic E-state index is 0.0713. The summed E-state index contributed by atoms with van der Waals surface area (Å²) < 4.78 is 17.8. The summed E-state index contributed by atoms with van der Waals surface area (Å²) in [6, 6.07) is 13.4. The van der Waals surface area contributed by atoms with Gasteiger partial charge >= 0.3 is 0 Å². The Morgan fingerprint density at radius 3 is 2.68 bits per heavy atom. The van der Waals surface area contributed by atoms with Crippen LogP contribution in [0, 0.1) is 0 Å². The molecule has 0 atom stereocenters. The lowest BCUT2D eigenvalue weighted by molar-refractivity contribution is 0.0376. The van der Waals surface area contributed by atoms with Gasteiger partial charge in [-0.2, -0.15) is 0 Å². The molecule has 2 aromatic carbocycles. The normalized spacial score (nSPS) is 16.4. The average Bonchev–Trinajstić information content (AvgIpc) is 3.26. The van der Waals surface area contributed by atoms with Gasteiger partial charge in [-0.3, -0.25) is 14.6 Å². The summed E-state index contributed by atoms with van der Waals surface area (Å²) in [5.41, 5.74) is 1.49. The van der Waals surface area contributed by atoms with E-state index in [1.165, 1.54) is 0 Å². The first kappa shape index (κ1) is 20.2. The number of fused-ring (bicyclic) bond motifs is 2. The Hall–Kier alpha value is -2.68. The second kappa shape index (κ2) is 9.21. The van der Waals surface area contributed by atoms with E-state index in [-0.39, 0.29) is 5.91 Å². The zero-order valence-electron chi connectivity index (χ0n) is 17.3. The molecular formula is C23H25N3O4S. The number of amides is 1. The monoisotopic (exact) mass is 439 g/mol. The van der Waals surface area contributed by atoms with Crippen molar-refractivity contribution >= 4 is 32.6 Å². The molecule has 1 aromatic heterocycles. The maximum Gasteiger partial charge on any atom is 0.260 e. The lowest BCUT2D eigenvalue weighted by Gasteiger charge is -2.28. The number of morpholine rings is 1. The highest BCUT2D eigenvalue weighted by atomic mass is 32.1. The van der Waals surface area contributed by atoms with Crippen LogP contribution < -0.4 is 14.4 Å². The molecule has 2 aliphatic rings. The largest absolute Gasteiger partial charge is 0.486 e. The fourth-order valence-corrected chi connectivity index (χ4v) is 4.86. The van der Waals surface area contributed by atoms with Crippen molar-refractivity contribution in [2.75, 3.05) is 57.5 Å². The number of hydrogen-bond donors (Lipinski definition) is 0. The molecular weight excluding hydrogens is 414 g/mol. The maximum absolute atomic E-state index is 13.6. The predicted molar refractivity (Wildman–Crippen MR) is 121 cm³/mol. The highest BCUT2D eigenvalue weighted by molar-refractivity contribution is 7.22. The molecule has 2 aliphatic heterocycles. The van der Waals surface area contributed by atoms with Crippen LogP contribution in [0.5, 0.6) is 11.5 Å². The van der Waals surface area contributed by atoms with Crippen LogP contribution in [0.4, 0.5) is 5.13 Å². The molecule has 0 saturated carbocycles. The summed E-state index contributed by atoms with van der Waals surface area (Å²) in [7, 11) is 0. The van der Waals surface area contributed by atoms with Crippen LogP contribution in [0.3, 0.4) is 0 Å². The molecule has 162 valence electrons. The van der Waals surface area contributed by atoms with Crippen molar-refractivity contribution in [1.29, 1.82) is 0 Å². The summed E-state index contributed by atoms with van der Waals surface area (Å²) in [5, 5.41) is 0.725. The third-order valence-electron chi connectivity index (χ3n) is 5.51. The number of aromatic nitrogens is 1. The lowest BCUT2D eigenvalue weighted by Crippen LogP contribution is -2.39. The van der Waals surface area contributed by atoms with E-state index < -0.39 is 0 Å². The molecule has 0 aliphatic carbocycles. The Morgan fingerprint density at radius 1 is 1.03 bits per heavy atom. The molecule has 7 nitrogen and oxygen atoms in total. The number of carbonyl (C=O) groups excluding carboxylic acids is 1. The summed E-state index contributed by atoms with van der Waals surface area (Å²) in [6.07, 6.45) is 0.867. The van der Waals surface area contributed by atoms with E-state index in [4.69, 9.17) is 19.2 Å². The molecule has 0 spiro atoms. The molecule has 1 amide bonds. The molecule has 0 radical (unpaired) electrons. The lowest BCUT2D eigenvalue weighted by atomic mass is 10.1. The van der Waals surface area contributed by atoms with E-state index in [9.17, 15) is 4.79 Å². The minimum atomic E-state index is -0.0713. The first-order valence-corrected chi connectivity index (χ1v) is 11.5. The number of para-hydroxylation sites is 1. The van der Waals surface area contributed by atoms with Gasteiger partial charge in [0.25, 0.3) is 5.91 Å². The second-order valence-corrected chi connectivity index (χ2v) is 8.60. The summed E-state index contributed by atoms with van der Waals surface area (Å²) in [6.45, 7) is 5.99. The summed E-state index contributed by atoms with van der Waals surface area (Å²) in [5.74, 6) is 1.23. The number of thiazole rings is 1. The van der Waals surface area contributed by atoms with Crippen LogP contribution in [0.1, 0.15) is 16.8 Å². The van der Waals surface area contributed by atoms with Gasteiger partial charge in [0.05, 0.1) is 23.4 Å². The van der Waals surface area contributed by atoms with Crippen molar-refractivity contribution in [2.45, 2.75) is 6.42 Å². The first-order chi connectivity index (χ1) is 15.3. The molecule has 0 bridgehead atoms. The number of rotatable bonds is 6. The van der Waals surface area contributed by atoms with Crippen LogP contribution in [0.2, 0.25) is 0 Å². The van der Waals surface area contributed by atoms with E-state index in [2.05, 4.69) is 4.90 Å². The average molecular weight is 440 g/mol. The Bertz CT molecular complexity index is 1030. The smallest absolute Gasteiger partial charge is 0.260 e. The SMILES string of the molecule is O=C(c1ccc2c(c1)OCCO2)N(CCCN1CCOCC1)c1nc2ccccc2s1. The Balaban J connectivity index is 1.39. The molecule has 31 heavy (non-hydrogen) atoms. The Morgan fingerprint density at radius 2 is 1.84 bits per heavy atom. The second-order valence-electron chi connectivity index (χ2n) is 7.59. The van der Waals surface area contributed by atoms with Crippen molar-refractivity contribution in [3.8, 4) is 11.5 Å². The van der Waals surface area contributed by atoms with E-state index >= 15 is 0 Å². The van der Waals surface area contributed by atoms with Crippen molar-refractivity contribution in [3.63, 3.8) is 0 Å². The highest BCUT2D eigenvalue weighted by Gasteiger charge is 2.24. The van der Waals surface area contributed by atoms with Crippen molar-refractivity contribution in [3.05, 3.63) is 48.0 Å². The van der Waals surface area contributed by atoms with Gasteiger partial charge in [-0.25, -0.2) is 4.98 Å². The zero-order valence-corrected chi connectivity index (χ0v) is 18.1. The van der Waals surface area contributed by atoms with Gasteiger partial charge in [0.2, 0.25) is 0 Å². The van der Waals surface area contributed by atoms with Crippen molar-refractivity contribution in [2.24, 2.45) is 0 Å². The van der Waals surface area contributed by atoms with Gasteiger partial charge in [0.15, 0.2) is 16.6 Å². The molecule has 1 saturated heterocycles. The van der Waals surface area contributed by atoms with Gasteiger partial charge in [-0.05, 0) is 36.8 Å². The van der Waals surface area contributed by atoms with Gasteiger partial charge in [0, 0.05) is 31.7 Å². The van der Waals surface area contributed by atoms with E-state index in [1.807, 2.05) is 30.3 Å². The number of nitrogens with zero attached hydrogens (tertiary/aromatic N) is 3. The molecule has 1 fully saturated rings. The molecule has 8 heteroatoms. The number of benzene rings is 2. The van der Waals surface area contributed by atoms with Gasteiger partial charge in [-0.15, -0.1) is 0 Å². The minimum Gasteiger partial charge on any atom is -0.486 e. The number of hydrogen-bond acceptors (Lipinski definition) is 7. The molecule has 0 N–H and O–H groups in total. The van der Waals surface area contributed by atoms with Crippen LogP contribution in [0.25, 0.3) is 10.2 Å². The maximum atomic E-state index is 13.6. The summed E-state index contributed by atoms with van der Waals surface area (Å²) in [4.78, 5) is 22.5. The van der Waals surface area contributed by atoms with Crippen molar-refractivity contribution in [1.82, 2.24) is 9.88 Å². The van der Waals surface area contributed by atoms with Crippen LogP contribution >= 0.6 is 11.3 Å². The molecule has 3 aromatic rings. The number of anilines is 1. The van der Waals surface area contributed by atoms with Crippen LogP contribution in [-0.2, 0) is 4.74 Å². The van der Waals surface area contributed by atoms with Gasteiger partial charge in [-0.1, -0.05) is 23.5 Å². The highest BCUT2D eigenvalue weighted by Crippen LogP contribution is 2.33. The van der Waals surface area contributed by atoms with Crippen molar-refractivity contribution < 1.29 is 19.0 Å². The topological polar surface area (TPSA) is 64.1 Å². The number of ether oxygens (including phenoxy) is 3. The summed E-state index contributed by atoms with van der Waals surface area (Å²) >= 11 is 1.55. The quantitative estimate of drug-likeness (QED) is 0.586. The van der Waals surface area contributed by atoms with E-state index in [1.54, 1.807) is 28.4 Å². The first-order valence-electron chi connectivity index (χ1n) is 10.7. The van der Waals surface area contributed by atoms with Crippen LogP contribution in [-0.4, -0.2) is 68.4 Å². The molecule has 5 rings (SSSR count). The fraction of sp³-hybridized carbons (Fsp3) is 0.391. The standard InChI is InChI=1S/C23H25N3O4S/c27-22(17-6-7-19-20(16-17)30-15-14-29-19)26(9-3-8-25-10-12-28-13-11-25)23-24-18-4-1-2-5-21(18)31-23/h1-2,4-7,16H,3,8-15H2. The van der Waals surface area contributed by atoms with Crippen LogP contribution in [0.15, 0.2) is 42.5 Å². The zero-order chi connectivity index (χ0) is 21.0. The van der Waals surface area contributed by atoms with Gasteiger partial charge < -0.3 is 14.2 Å². The fourth-order valence-electron chi connectivity index (χ4n) is 3.87. The Kier molecular flexibility index (Phi) is 6.01. The predicted octanol–water partition coefficient (Wildman–Crippen LogP) is 3.44. The van der Waals surface area contributed by atoms with E-state index in [0.29, 0.717) is 36.8 Å². The third-order valence-corrected chi connectivity index (χ3v) is 6.57. The van der Waals surface area contributed by atoms with E-state index in [0.717, 1.165) is 54.6 Å². The molecule has 0 unspecified atom stereocenters. The molecule has 3 heterocycles. The Labute approximate surface area is 185 Å². The third kappa shape index (κ3) is 4.51. The van der Waals surface area contributed by atoms with Gasteiger partial charge in [0.1, 0.15) is 13.2 Å². The number of carbonyl (C=O) groups is 1.